The number of aryl methyl sites for hydroxylation is 1. The van der Waals surface area contributed by atoms with E-state index in [9.17, 15) is 0 Å². The number of rotatable bonds is 2. The second kappa shape index (κ2) is 5.57. The highest BCUT2D eigenvalue weighted by Crippen LogP contribution is 2.37. The minimum Gasteiger partial charge on any atom is -0.348 e. The van der Waals surface area contributed by atoms with Crippen molar-refractivity contribution < 1.29 is 0 Å². The van der Waals surface area contributed by atoms with Crippen LogP contribution in [0.15, 0.2) is 0 Å². The van der Waals surface area contributed by atoms with Crippen molar-refractivity contribution in [3.05, 3.63) is 10.6 Å². The molecule has 3 rings (SSSR count). The maximum absolute atomic E-state index is 4.92. The van der Waals surface area contributed by atoms with Gasteiger partial charge in [0.05, 0.1) is 5.69 Å². The van der Waals surface area contributed by atoms with Crippen molar-refractivity contribution in [1.29, 1.82) is 0 Å². The zero-order valence-electron chi connectivity index (χ0n) is 11.2. The zero-order chi connectivity index (χ0) is 12.4. The molecule has 0 spiro atoms. The Morgan fingerprint density at radius 3 is 2.67 bits per heavy atom. The van der Waals surface area contributed by atoms with Crippen LogP contribution in [-0.2, 0) is 6.42 Å². The molecule has 1 aromatic heterocycles. The molecule has 100 valence electrons. The lowest BCUT2D eigenvalue weighted by molar-refractivity contribution is 0.501. The number of aromatic nitrogens is 1. The Balaban J connectivity index is 1.82. The first kappa shape index (κ1) is 12.4. The van der Waals surface area contributed by atoms with Gasteiger partial charge in [-0.15, -0.1) is 0 Å². The molecule has 1 aliphatic heterocycles. The molecule has 3 nitrogen and oxygen atoms in total. The van der Waals surface area contributed by atoms with Crippen molar-refractivity contribution in [2.45, 2.75) is 51.0 Å². The Bertz CT molecular complexity index is 394. The highest BCUT2D eigenvalue weighted by Gasteiger charge is 2.25. The van der Waals surface area contributed by atoms with Crippen LogP contribution in [0.1, 0.15) is 55.1 Å². The van der Waals surface area contributed by atoms with Gasteiger partial charge in [-0.05, 0) is 39.2 Å². The summed E-state index contributed by atoms with van der Waals surface area (Å²) < 4.78 is 0. The van der Waals surface area contributed by atoms with E-state index in [1.807, 2.05) is 11.3 Å². The Labute approximate surface area is 114 Å². The van der Waals surface area contributed by atoms with E-state index in [-0.39, 0.29) is 0 Å². The molecule has 0 saturated carbocycles. The monoisotopic (exact) mass is 265 g/mol. The van der Waals surface area contributed by atoms with E-state index in [0.29, 0.717) is 6.04 Å². The van der Waals surface area contributed by atoms with E-state index in [2.05, 4.69) is 17.3 Å². The normalized spacial score (nSPS) is 24.7. The van der Waals surface area contributed by atoms with E-state index in [1.54, 1.807) is 0 Å². The SMILES string of the molecule is CNC1CCCc2nc(N3CCCCCC3)sc21. The predicted molar refractivity (Wildman–Crippen MR) is 77.5 cm³/mol. The number of nitrogens with one attached hydrogen (secondary N) is 1. The zero-order valence-corrected chi connectivity index (χ0v) is 12.1. The largest absolute Gasteiger partial charge is 0.348 e. The first-order chi connectivity index (χ1) is 8.88. The molecule has 4 heteroatoms. The van der Waals surface area contributed by atoms with Gasteiger partial charge in [0.15, 0.2) is 5.13 Å². The second-order valence-electron chi connectivity index (χ2n) is 5.44. The van der Waals surface area contributed by atoms with Gasteiger partial charge in [-0.2, -0.15) is 0 Å². The summed E-state index contributed by atoms with van der Waals surface area (Å²) in [6.45, 7) is 2.41. The Kier molecular flexibility index (Phi) is 3.85. The van der Waals surface area contributed by atoms with Crippen LogP contribution in [0.4, 0.5) is 5.13 Å². The van der Waals surface area contributed by atoms with Gasteiger partial charge < -0.3 is 10.2 Å². The molecule has 1 aromatic rings. The molecule has 1 saturated heterocycles. The third-order valence-electron chi connectivity index (χ3n) is 4.16. The van der Waals surface area contributed by atoms with Crippen molar-refractivity contribution in [1.82, 2.24) is 10.3 Å². The number of nitrogens with zero attached hydrogens (tertiary/aromatic N) is 2. The van der Waals surface area contributed by atoms with E-state index < -0.39 is 0 Å². The number of thiazole rings is 1. The third-order valence-corrected chi connectivity index (χ3v) is 5.44. The lowest BCUT2D eigenvalue weighted by Crippen LogP contribution is -2.23. The number of anilines is 1. The van der Waals surface area contributed by atoms with Crippen LogP contribution >= 0.6 is 11.3 Å². The van der Waals surface area contributed by atoms with E-state index >= 15 is 0 Å². The summed E-state index contributed by atoms with van der Waals surface area (Å²) in [5.74, 6) is 0. The van der Waals surface area contributed by atoms with Crippen molar-refractivity contribution in [2.24, 2.45) is 0 Å². The average Bonchev–Trinajstić information content (AvgIpc) is 2.65. The van der Waals surface area contributed by atoms with Gasteiger partial charge in [-0.1, -0.05) is 24.2 Å². The first-order valence-electron chi connectivity index (χ1n) is 7.30. The summed E-state index contributed by atoms with van der Waals surface area (Å²) in [6.07, 6.45) is 9.17. The first-order valence-corrected chi connectivity index (χ1v) is 8.12. The maximum Gasteiger partial charge on any atom is 0.185 e. The van der Waals surface area contributed by atoms with Crippen molar-refractivity contribution in [2.75, 3.05) is 25.0 Å². The Hall–Kier alpha value is -0.610. The smallest absolute Gasteiger partial charge is 0.185 e. The molecule has 2 aliphatic rings. The van der Waals surface area contributed by atoms with Crippen LogP contribution in [0.25, 0.3) is 0 Å². The minimum atomic E-state index is 0.548. The van der Waals surface area contributed by atoms with Crippen molar-refractivity contribution >= 4 is 16.5 Å². The molecule has 0 aromatic carbocycles. The molecule has 1 unspecified atom stereocenters. The van der Waals surface area contributed by atoms with Gasteiger partial charge in [-0.25, -0.2) is 4.98 Å². The van der Waals surface area contributed by atoms with Gasteiger partial charge in [0.25, 0.3) is 0 Å². The molecule has 0 amide bonds. The summed E-state index contributed by atoms with van der Waals surface area (Å²) >= 11 is 1.94. The van der Waals surface area contributed by atoms with Crippen LogP contribution in [0.3, 0.4) is 0 Å². The van der Waals surface area contributed by atoms with Crippen LogP contribution in [-0.4, -0.2) is 25.1 Å². The summed E-state index contributed by atoms with van der Waals surface area (Å²) in [6, 6.07) is 0.548. The third kappa shape index (κ3) is 2.41. The van der Waals surface area contributed by atoms with Gasteiger partial charge >= 0.3 is 0 Å². The fourth-order valence-electron chi connectivity index (χ4n) is 3.08. The van der Waals surface area contributed by atoms with Crippen molar-refractivity contribution in [3.8, 4) is 0 Å². The van der Waals surface area contributed by atoms with Crippen LogP contribution in [0.5, 0.6) is 0 Å². The molecule has 2 heterocycles. The van der Waals surface area contributed by atoms with Crippen LogP contribution in [0.2, 0.25) is 0 Å². The predicted octanol–water partition coefficient (Wildman–Crippen LogP) is 3.12. The number of hydrogen-bond acceptors (Lipinski definition) is 4. The molecule has 1 fully saturated rings. The highest BCUT2D eigenvalue weighted by atomic mass is 32.1. The quantitative estimate of drug-likeness (QED) is 0.890. The van der Waals surface area contributed by atoms with Crippen LogP contribution < -0.4 is 10.2 Å². The summed E-state index contributed by atoms with van der Waals surface area (Å²) in [5.41, 5.74) is 1.37. The summed E-state index contributed by atoms with van der Waals surface area (Å²) in [7, 11) is 2.07. The fraction of sp³-hybridized carbons (Fsp3) is 0.786. The van der Waals surface area contributed by atoms with E-state index in [0.717, 1.165) is 0 Å². The van der Waals surface area contributed by atoms with Gasteiger partial charge in [0.1, 0.15) is 0 Å². The summed E-state index contributed by atoms with van der Waals surface area (Å²) in [4.78, 5) is 8.94. The maximum atomic E-state index is 4.92. The number of hydrogen-bond donors (Lipinski definition) is 1. The minimum absolute atomic E-state index is 0.548. The molecular formula is C14H23N3S. The molecule has 1 atom stereocenters. The van der Waals surface area contributed by atoms with Gasteiger partial charge in [0.2, 0.25) is 0 Å². The molecule has 18 heavy (non-hydrogen) atoms. The lowest BCUT2D eigenvalue weighted by Gasteiger charge is -2.20. The topological polar surface area (TPSA) is 28.2 Å². The Morgan fingerprint density at radius 2 is 1.94 bits per heavy atom. The van der Waals surface area contributed by atoms with E-state index in [1.165, 1.54) is 73.7 Å². The summed E-state index contributed by atoms with van der Waals surface area (Å²) in [5, 5.41) is 4.72. The molecular weight excluding hydrogens is 242 g/mol. The fourth-order valence-corrected chi connectivity index (χ4v) is 4.39. The van der Waals surface area contributed by atoms with Gasteiger partial charge in [0, 0.05) is 24.0 Å². The standard InChI is InChI=1S/C14H23N3S/c1-15-11-7-6-8-12-13(11)18-14(16-12)17-9-4-2-3-5-10-17/h11,15H,2-10H2,1H3. The highest BCUT2D eigenvalue weighted by molar-refractivity contribution is 7.15. The number of fused-ring (bicyclic) bond motifs is 1. The van der Waals surface area contributed by atoms with Crippen LogP contribution in [0, 0.1) is 0 Å². The molecule has 1 aliphatic carbocycles. The van der Waals surface area contributed by atoms with Crippen molar-refractivity contribution in [3.63, 3.8) is 0 Å². The van der Waals surface area contributed by atoms with E-state index in [4.69, 9.17) is 4.98 Å². The molecule has 0 radical (unpaired) electrons. The second-order valence-corrected chi connectivity index (χ2v) is 6.45. The average molecular weight is 265 g/mol. The molecule has 0 bridgehead atoms. The van der Waals surface area contributed by atoms with Gasteiger partial charge in [-0.3, -0.25) is 0 Å². The molecule has 1 N–H and O–H groups in total. The lowest BCUT2D eigenvalue weighted by atomic mass is 9.98. The Morgan fingerprint density at radius 1 is 1.17 bits per heavy atom.